The molecule has 0 aromatic carbocycles. The summed E-state index contributed by atoms with van der Waals surface area (Å²) in [6, 6.07) is 0.201. The van der Waals surface area contributed by atoms with Gasteiger partial charge < -0.3 is 15.0 Å². The van der Waals surface area contributed by atoms with Gasteiger partial charge in [-0.15, -0.1) is 16.1 Å². The van der Waals surface area contributed by atoms with Crippen molar-refractivity contribution < 1.29 is 27.6 Å². The molecule has 1 spiro atoms. The highest BCUT2D eigenvalue weighted by Crippen LogP contribution is 2.52. The minimum Gasteiger partial charge on any atom is -0.598 e. The van der Waals surface area contributed by atoms with E-state index in [-0.39, 0.29) is 16.2 Å². The standard InChI is InChI=1S/C14H23N3OS2.C2HF3O2/c1-13(2,3)20(18)17-12-11-10(16-9-19-11)8-14(12)4-6-15-7-5-14;3-2(4,5)1(6)7/h9,12,15,17H,4-8H2,1-3H3;(H,6,7)/t12-,20?;/m1./s1. The number of rotatable bonds is 2. The van der Waals surface area contributed by atoms with E-state index in [1.54, 1.807) is 11.3 Å². The van der Waals surface area contributed by atoms with Gasteiger partial charge >= 0.3 is 12.1 Å². The number of hydrogen-bond acceptors (Lipinski definition) is 6. The van der Waals surface area contributed by atoms with Gasteiger partial charge in [-0.25, -0.2) is 9.78 Å². The van der Waals surface area contributed by atoms with Crippen LogP contribution in [0.3, 0.4) is 0 Å². The Balaban J connectivity index is 0.000000321. The fraction of sp³-hybridized carbons (Fsp3) is 0.750. The topological polar surface area (TPSA) is 97.3 Å². The first kappa shape index (κ1) is 22.4. The molecule has 6 nitrogen and oxygen atoms in total. The van der Waals surface area contributed by atoms with Crippen molar-refractivity contribution in [1.82, 2.24) is 15.0 Å². The number of nitrogens with one attached hydrogen (secondary N) is 2. The van der Waals surface area contributed by atoms with Crippen LogP contribution >= 0.6 is 11.3 Å². The average molecular weight is 428 g/mol. The second-order valence-corrected chi connectivity index (χ2v) is 10.6. The number of piperidine rings is 1. The molecule has 154 valence electrons. The second kappa shape index (κ2) is 8.24. The Morgan fingerprint density at radius 3 is 2.44 bits per heavy atom. The van der Waals surface area contributed by atoms with Gasteiger partial charge in [0.2, 0.25) is 0 Å². The van der Waals surface area contributed by atoms with Crippen molar-refractivity contribution in [2.75, 3.05) is 13.1 Å². The lowest BCUT2D eigenvalue weighted by Crippen LogP contribution is -2.48. The normalized spacial score (nSPS) is 22.7. The summed E-state index contributed by atoms with van der Waals surface area (Å²) in [5.74, 6) is -2.76. The van der Waals surface area contributed by atoms with Gasteiger partial charge in [0.25, 0.3) is 0 Å². The van der Waals surface area contributed by atoms with Crippen LogP contribution in [0.1, 0.15) is 50.2 Å². The molecule has 0 radical (unpaired) electrons. The summed E-state index contributed by atoms with van der Waals surface area (Å²) in [6.45, 7) is 8.17. The molecule has 1 aliphatic heterocycles. The maximum atomic E-state index is 12.5. The molecule has 0 amide bonds. The molecule has 1 aromatic heterocycles. The highest BCUT2D eigenvalue weighted by atomic mass is 32.2. The summed E-state index contributed by atoms with van der Waals surface area (Å²) in [7, 11) is 0. The molecule has 1 fully saturated rings. The van der Waals surface area contributed by atoms with E-state index in [1.807, 2.05) is 26.3 Å². The SMILES string of the molecule is CC(C)(C)[S+]([O-])N[C@@H]1c2scnc2CC12CCNCC2.O=C(O)C(F)(F)F. The number of carbonyl (C=O) groups is 1. The van der Waals surface area contributed by atoms with E-state index in [0.29, 0.717) is 0 Å². The van der Waals surface area contributed by atoms with E-state index in [1.165, 1.54) is 10.6 Å². The zero-order chi connectivity index (χ0) is 20.5. The lowest BCUT2D eigenvalue weighted by Gasteiger charge is -2.40. The third-order valence-electron chi connectivity index (χ3n) is 4.69. The number of aliphatic carboxylic acids is 1. The van der Waals surface area contributed by atoms with Crippen LogP contribution in [-0.4, -0.2) is 44.6 Å². The van der Waals surface area contributed by atoms with Crippen LogP contribution in [0, 0.1) is 5.41 Å². The number of thiazole rings is 1. The Labute approximate surface area is 163 Å². The number of fused-ring (bicyclic) bond motifs is 1. The van der Waals surface area contributed by atoms with Crippen LogP contribution < -0.4 is 10.0 Å². The molecular weight excluding hydrogens is 403 g/mol. The molecule has 1 unspecified atom stereocenters. The van der Waals surface area contributed by atoms with Crippen molar-refractivity contribution in [3.8, 4) is 0 Å². The maximum absolute atomic E-state index is 12.5. The fourth-order valence-electron chi connectivity index (χ4n) is 3.21. The van der Waals surface area contributed by atoms with E-state index in [0.717, 1.165) is 32.4 Å². The first-order chi connectivity index (χ1) is 12.4. The molecule has 1 aliphatic carbocycles. The molecule has 2 heterocycles. The fourth-order valence-corrected chi connectivity index (χ4v) is 5.22. The van der Waals surface area contributed by atoms with Gasteiger partial charge in [0.15, 0.2) is 0 Å². The van der Waals surface area contributed by atoms with E-state index < -0.39 is 23.5 Å². The summed E-state index contributed by atoms with van der Waals surface area (Å²) in [6.07, 6.45) is -1.78. The predicted octanol–water partition coefficient (Wildman–Crippen LogP) is 2.80. The zero-order valence-electron chi connectivity index (χ0n) is 15.4. The molecule has 11 heteroatoms. The molecule has 1 saturated heterocycles. The third-order valence-corrected chi connectivity index (χ3v) is 7.19. The van der Waals surface area contributed by atoms with Crippen molar-refractivity contribution in [1.29, 1.82) is 0 Å². The predicted molar refractivity (Wildman–Crippen MR) is 97.8 cm³/mol. The average Bonchev–Trinajstić information content (AvgIpc) is 3.08. The van der Waals surface area contributed by atoms with Gasteiger partial charge in [-0.3, -0.25) is 0 Å². The number of alkyl halides is 3. The second-order valence-electron chi connectivity index (χ2n) is 7.69. The summed E-state index contributed by atoms with van der Waals surface area (Å²) in [5, 5.41) is 10.6. The van der Waals surface area contributed by atoms with E-state index in [9.17, 15) is 17.7 Å². The third kappa shape index (κ3) is 5.35. The lowest BCUT2D eigenvalue weighted by atomic mass is 9.74. The number of nitrogens with zero attached hydrogens (tertiary/aromatic N) is 1. The number of carboxylic acids is 1. The summed E-state index contributed by atoms with van der Waals surface area (Å²) in [4.78, 5) is 14.7. The van der Waals surface area contributed by atoms with Crippen molar-refractivity contribution in [2.45, 2.75) is 57.0 Å². The first-order valence-electron chi connectivity index (χ1n) is 8.48. The minimum absolute atomic E-state index is 0.201. The Morgan fingerprint density at radius 2 is 1.96 bits per heavy atom. The van der Waals surface area contributed by atoms with E-state index in [4.69, 9.17) is 9.90 Å². The molecule has 0 saturated carbocycles. The van der Waals surface area contributed by atoms with Gasteiger partial charge in [0.05, 0.1) is 17.2 Å². The highest BCUT2D eigenvalue weighted by Gasteiger charge is 2.51. The lowest BCUT2D eigenvalue weighted by molar-refractivity contribution is -0.192. The Hall–Kier alpha value is -0.880. The molecule has 3 N–H and O–H groups in total. The van der Waals surface area contributed by atoms with Crippen molar-refractivity contribution in [2.24, 2.45) is 5.41 Å². The van der Waals surface area contributed by atoms with Crippen LogP contribution in [0.5, 0.6) is 0 Å². The monoisotopic (exact) mass is 427 g/mol. The molecule has 0 bridgehead atoms. The van der Waals surface area contributed by atoms with Crippen molar-refractivity contribution >= 4 is 28.7 Å². The Morgan fingerprint density at radius 1 is 1.41 bits per heavy atom. The van der Waals surface area contributed by atoms with Crippen molar-refractivity contribution in [3.63, 3.8) is 0 Å². The number of carboxylic acid groups (broad SMARTS) is 1. The summed E-state index contributed by atoms with van der Waals surface area (Å²) >= 11 is 0.674. The van der Waals surface area contributed by atoms with Crippen LogP contribution in [0.4, 0.5) is 13.2 Å². The molecule has 27 heavy (non-hydrogen) atoms. The Kier molecular flexibility index (Phi) is 6.84. The van der Waals surface area contributed by atoms with Gasteiger partial charge in [0.1, 0.15) is 4.75 Å². The van der Waals surface area contributed by atoms with Crippen LogP contribution in [0.25, 0.3) is 0 Å². The molecular formula is C16H24F3N3O3S2. The van der Waals surface area contributed by atoms with Crippen LogP contribution in [-0.2, 0) is 22.6 Å². The van der Waals surface area contributed by atoms with Crippen LogP contribution in [0.2, 0.25) is 0 Å². The van der Waals surface area contributed by atoms with Crippen molar-refractivity contribution in [3.05, 3.63) is 16.1 Å². The number of halogens is 3. The highest BCUT2D eigenvalue weighted by molar-refractivity contribution is 7.90. The van der Waals surface area contributed by atoms with E-state index in [2.05, 4.69) is 15.0 Å². The quantitative estimate of drug-likeness (QED) is 0.628. The number of aromatic nitrogens is 1. The van der Waals surface area contributed by atoms with E-state index >= 15 is 0 Å². The molecule has 2 atom stereocenters. The number of hydrogen-bond donors (Lipinski definition) is 3. The van der Waals surface area contributed by atoms with Gasteiger partial charge in [-0.05, 0) is 53.1 Å². The minimum atomic E-state index is -5.08. The Bertz CT molecular complexity index is 655. The largest absolute Gasteiger partial charge is 0.598 e. The van der Waals surface area contributed by atoms with Gasteiger partial charge in [-0.2, -0.15) is 13.2 Å². The smallest absolute Gasteiger partial charge is 0.490 e. The van der Waals surface area contributed by atoms with Crippen LogP contribution in [0.15, 0.2) is 5.51 Å². The summed E-state index contributed by atoms with van der Waals surface area (Å²) < 4.78 is 47.5. The first-order valence-corrected chi connectivity index (χ1v) is 10.5. The zero-order valence-corrected chi connectivity index (χ0v) is 17.0. The van der Waals surface area contributed by atoms with Gasteiger partial charge in [-0.1, -0.05) is 0 Å². The molecule has 2 aliphatic rings. The molecule has 1 aromatic rings. The maximum Gasteiger partial charge on any atom is 0.490 e. The molecule has 3 rings (SSSR count). The van der Waals surface area contributed by atoms with Gasteiger partial charge in [0, 0.05) is 21.7 Å². The summed E-state index contributed by atoms with van der Waals surface area (Å²) in [5.41, 5.74) is 3.36.